The predicted octanol–water partition coefficient (Wildman–Crippen LogP) is -2.13. The molecule has 4 atom stereocenters. The van der Waals surface area contributed by atoms with Crippen LogP contribution >= 0.6 is 12.6 Å². The molecule has 0 aliphatic rings. The summed E-state index contributed by atoms with van der Waals surface area (Å²) in [5.74, 6) is -4.75. The van der Waals surface area contributed by atoms with E-state index >= 15 is 0 Å². The van der Waals surface area contributed by atoms with Gasteiger partial charge in [-0.05, 0) is 5.56 Å². The maximum atomic E-state index is 12.8. The van der Waals surface area contributed by atoms with Gasteiger partial charge in [0, 0.05) is 30.5 Å². The molecule has 36 heavy (non-hydrogen) atoms. The lowest BCUT2D eigenvalue weighted by Gasteiger charge is -2.24. The minimum absolute atomic E-state index is 0.0176. The van der Waals surface area contributed by atoms with Crippen molar-refractivity contribution < 1.29 is 29.1 Å². The van der Waals surface area contributed by atoms with Gasteiger partial charge < -0.3 is 37.5 Å². The number of carbonyl (C=O) groups excluding carboxylic acids is 4. The molecular formula is C22H29N7O6S. The number of rotatable bonds is 14. The molecule has 2 aromatic rings. The number of aromatic amines is 1. The standard InChI is InChI=1S/C22H29N7O6S/c23-14(7-13-9-25-11-26-13)19(31)27-15(8-18(24)30)20(32)29-17(10-36)21(33)28-16(22(34)35)6-12-4-2-1-3-5-12/h1-5,9,11,14-17,36H,6-8,10,23H2,(H2,24,30)(H,25,26)(H,27,31)(H,28,33)(H,29,32)(H,34,35). The monoisotopic (exact) mass is 519 g/mol. The maximum absolute atomic E-state index is 12.8. The van der Waals surface area contributed by atoms with Crippen LogP contribution in [0.1, 0.15) is 17.7 Å². The molecule has 1 aromatic heterocycles. The van der Waals surface area contributed by atoms with Crippen LogP contribution < -0.4 is 27.4 Å². The molecule has 1 aromatic carbocycles. The third-order valence-electron chi connectivity index (χ3n) is 5.08. The van der Waals surface area contributed by atoms with Crippen molar-refractivity contribution in [2.24, 2.45) is 11.5 Å². The zero-order chi connectivity index (χ0) is 26.7. The van der Waals surface area contributed by atoms with E-state index in [0.29, 0.717) is 11.3 Å². The van der Waals surface area contributed by atoms with Crippen molar-refractivity contribution in [1.29, 1.82) is 0 Å². The number of amides is 4. The highest BCUT2D eigenvalue weighted by atomic mass is 32.1. The number of H-pyrrole nitrogens is 1. The van der Waals surface area contributed by atoms with Gasteiger partial charge in [0.2, 0.25) is 23.6 Å². The molecular weight excluding hydrogens is 490 g/mol. The molecule has 194 valence electrons. The molecule has 0 radical (unpaired) electrons. The van der Waals surface area contributed by atoms with Crippen LogP contribution in [0.5, 0.6) is 0 Å². The first-order valence-electron chi connectivity index (χ1n) is 10.9. The molecule has 14 heteroatoms. The summed E-state index contributed by atoms with van der Waals surface area (Å²) in [5.41, 5.74) is 12.4. The topological polar surface area (TPSA) is 222 Å². The van der Waals surface area contributed by atoms with Gasteiger partial charge in [0.15, 0.2) is 0 Å². The van der Waals surface area contributed by atoms with Crippen molar-refractivity contribution in [3.8, 4) is 0 Å². The Morgan fingerprint density at radius 3 is 2.11 bits per heavy atom. The Morgan fingerprint density at radius 2 is 1.56 bits per heavy atom. The highest BCUT2D eigenvalue weighted by Crippen LogP contribution is 2.05. The molecule has 13 nitrogen and oxygen atoms in total. The van der Waals surface area contributed by atoms with E-state index in [1.807, 2.05) is 0 Å². The zero-order valence-electron chi connectivity index (χ0n) is 19.2. The fourth-order valence-electron chi connectivity index (χ4n) is 3.20. The lowest BCUT2D eigenvalue weighted by molar-refractivity contribution is -0.142. The van der Waals surface area contributed by atoms with Crippen molar-refractivity contribution in [2.75, 3.05) is 5.75 Å². The first-order chi connectivity index (χ1) is 17.1. The number of carboxylic acid groups (broad SMARTS) is 1. The Balaban J connectivity index is 2.03. The molecule has 0 saturated heterocycles. The number of thiol groups is 1. The summed E-state index contributed by atoms with van der Waals surface area (Å²) in [6.07, 6.45) is 2.46. The third-order valence-corrected chi connectivity index (χ3v) is 5.45. The SMILES string of the molecule is NC(=O)CC(NC(=O)C(N)Cc1cnc[nH]1)C(=O)NC(CS)C(=O)NC(Cc1ccccc1)C(=O)O. The second-order valence-corrected chi connectivity index (χ2v) is 8.32. The molecule has 4 unspecified atom stereocenters. The van der Waals surface area contributed by atoms with Crippen molar-refractivity contribution in [2.45, 2.75) is 43.4 Å². The van der Waals surface area contributed by atoms with Gasteiger partial charge in [-0.25, -0.2) is 9.78 Å². The Hall–Kier alpha value is -3.91. The number of carbonyl (C=O) groups is 5. The van der Waals surface area contributed by atoms with Crippen molar-refractivity contribution in [3.63, 3.8) is 0 Å². The maximum Gasteiger partial charge on any atom is 0.326 e. The number of nitrogens with zero attached hydrogens (tertiary/aromatic N) is 1. The summed E-state index contributed by atoms with van der Waals surface area (Å²) >= 11 is 4.06. The Bertz CT molecular complexity index is 1050. The predicted molar refractivity (Wildman–Crippen MR) is 132 cm³/mol. The molecule has 0 fully saturated rings. The molecule has 9 N–H and O–H groups in total. The van der Waals surface area contributed by atoms with Crippen LogP contribution in [0.4, 0.5) is 0 Å². The number of primary amides is 1. The molecule has 0 aliphatic carbocycles. The largest absolute Gasteiger partial charge is 0.480 e. The van der Waals surface area contributed by atoms with E-state index in [-0.39, 0.29) is 18.6 Å². The van der Waals surface area contributed by atoms with Gasteiger partial charge >= 0.3 is 5.97 Å². The van der Waals surface area contributed by atoms with Gasteiger partial charge in [0.05, 0.1) is 18.8 Å². The number of nitrogens with two attached hydrogens (primary N) is 2. The van der Waals surface area contributed by atoms with Crippen LogP contribution in [0, 0.1) is 0 Å². The quantitative estimate of drug-likeness (QED) is 0.128. The zero-order valence-corrected chi connectivity index (χ0v) is 20.1. The van der Waals surface area contributed by atoms with Gasteiger partial charge in [0.1, 0.15) is 18.1 Å². The number of benzene rings is 1. The van der Waals surface area contributed by atoms with Crippen LogP contribution in [-0.4, -0.2) is 74.6 Å². The first-order valence-corrected chi connectivity index (χ1v) is 11.5. The van der Waals surface area contributed by atoms with E-state index in [4.69, 9.17) is 11.5 Å². The minimum Gasteiger partial charge on any atom is -0.480 e. The van der Waals surface area contributed by atoms with Crippen molar-refractivity contribution in [1.82, 2.24) is 25.9 Å². The number of hydrogen-bond acceptors (Lipinski definition) is 8. The van der Waals surface area contributed by atoms with E-state index in [9.17, 15) is 29.1 Å². The van der Waals surface area contributed by atoms with Gasteiger partial charge in [-0.3, -0.25) is 19.2 Å². The smallest absolute Gasteiger partial charge is 0.326 e. The molecule has 0 saturated carbocycles. The molecule has 1 heterocycles. The fraction of sp³-hybridized carbons (Fsp3) is 0.364. The van der Waals surface area contributed by atoms with Crippen LogP contribution in [0.25, 0.3) is 0 Å². The molecule has 0 spiro atoms. The van der Waals surface area contributed by atoms with Gasteiger partial charge in [-0.15, -0.1) is 0 Å². The van der Waals surface area contributed by atoms with Crippen molar-refractivity contribution in [3.05, 3.63) is 54.1 Å². The fourth-order valence-corrected chi connectivity index (χ4v) is 3.46. The van der Waals surface area contributed by atoms with E-state index in [0.717, 1.165) is 0 Å². The lowest BCUT2D eigenvalue weighted by Crippen LogP contribution is -2.58. The average Bonchev–Trinajstić information content (AvgIpc) is 3.34. The van der Waals surface area contributed by atoms with E-state index in [2.05, 4.69) is 38.5 Å². The van der Waals surface area contributed by atoms with Gasteiger partial charge in [-0.2, -0.15) is 12.6 Å². The van der Waals surface area contributed by atoms with Gasteiger partial charge in [-0.1, -0.05) is 30.3 Å². The minimum atomic E-state index is -1.42. The lowest BCUT2D eigenvalue weighted by atomic mass is 10.1. The molecule has 4 amide bonds. The Labute approximate surface area is 212 Å². The molecule has 0 bridgehead atoms. The summed E-state index contributed by atoms with van der Waals surface area (Å²) in [4.78, 5) is 67.8. The highest BCUT2D eigenvalue weighted by Gasteiger charge is 2.30. The summed E-state index contributed by atoms with van der Waals surface area (Å²) in [5, 5.41) is 16.6. The average molecular weight is 520 g/mol. The number of imidazole rings is 1. The third kappa shape index (κ3) is 9.03. The van der Waals surface area contributed by atoms with Crippen LogP contribution in [0.3, 0.4) is 0 Å². The second-order valence-electron chi connectivity index (χ2n) is 7.95. The van der Waals surface area contributed by atoms with Crippen LogP contribution in [0.2, 0.25) is 0 Å². The Morgan fingerprint density at radius 1 is 0.944 bits per heavy atom. The van der Waals surface area contributed by atoms with E-state index < -0.39 is 60.2 Å². The number of nitrogens with one attached hydrogen (secondary N) is 4. The highest BCUT2D eigenvalue weighted by molar-refractivity contribution is 7.80. The van der Waals surface area contributed by atoms with Crippen LogP contribution in [-0.2, 0) is 36.8 Å². The Kier molecular flexibility index (Phi) is 10.9. The number of hydrogen-bond donors (Lipinski definition) is 8. The summed E-state index contributed by atoms with van der Waals surface area (Å²) in [6, 6.07) is 3.68. The van der Waals surface area contributed by atoms with Gasteiger partial charge in [0.25, 0.3) is 0 Å². The number of carboxylic acids is 1. The van der Waals surface area contributed by atoms with E-state index in [1.165, 1.54) is 12.5 Å². The second kappa shape index (κ2) is 13.8. The molecule has 2 rings (SSSR count). The summed E-state index contributed by atoms with van der Waals surface area (Å²) < 4.78 is 0. The first kappa shape index (κ1) is 28.3. The normalized spacial score (nSPS) is 14.1. The number of aliphatic carboxylic acids is 1. The number of aromatic nitrogens is 2. The molecule has 0 aliphatic heterocycles. The van der Waals surface area contributed by atoms with Crippen molar-refractivity contribution >= 4 is 42.2 Å². The van der Waals surface area contributed by atoms with Crippen LogP contribution in [0.15, 0.2) is 42.9 Å². The summed E-state index contributed by atoms with van der Waals surface area (Å²) in [6.45, 7) is 0. The summed E-state index contributed by atoms with van der Waals surface area (Å²) in [7, 11) is 0. The van der Waals surface area contributed by atoms with E-state index in [1.54, 1.807) is 30.3 Å².